The number of hydrogen-bond donors (Lipinski definition) is 2. The summed E-state index contributed by atoms with van der Waals surface area (Å²) in [4.78, 5) is 11.8. The smallest absolute Gasteiger partial charge is 0.226 e. The van der Waals surface area contributed by atoms with E-state index in [0.717, 1.165) is 15.8 Å². The van der Waals surface area contributed by atoms with Crippen molar-refractivity contribution in [3.63, 3.8) is 0 Å². The Labute approximate surface area is 141 Å². The van der Waals surface area contributed by atoms with E-state index in [1.807, 2.05) is 30.3 Å². The van der Waals surface area contributed by atoms with Gasteiger partial charge >= 0.3 is 0 Å². The van der Waals surface area contributed by atoms with Gasteiger partial charge in [0.05, 0.1) is 15.7 Å². The van der Waals surface area contributed by atoms with Gasteiger partial charge in [0.25, 0.3) is 0 Å². The van der Waals surface area contributed by atoms with Gasteiger partial charge in [-0.25, -0.2) is 0 Å². The lowest BCUT2D eigenvalue weighted by molar-refractivity contribution is -0.115. The number of benzene rings is 2. The van der Waals surface area contributed by atoms with Crippen LogP contribution < -0.4 is 10.6 Å². The average Bonchev–Trinajstić information content (AvgIpc) is 2.46. The molecule has 2 aromatic carbocycles. The molecule has 21 heavy (non-hydrogen) atoms. The van der Waals surface area contributed by atoms with E-state index in [0.29, 0.717) is 23.0 Å². The zero-order valence-corrected chi connectivity index (χ0v) is 14.1. The summed E-state index contributed by atoms with van der Waals surface area (Å²) in [5.74, 6) is -0.0667. The Kier molecular flexibility index (Phi) is 5.91. The quantitative estimate of drug-likeness (QED) is 0.740. The molecule has 1 amide bonds. The molecule has 2 aromatic rings. The van der Waals surface area contributed by atoms with E-state index in [1.165, 1.54) is 0 Å². The second kappa shape index (κ2) is 7.69. The highest BCUT2D eigenvalue weighted by molar-refractivity contribution is 9.10. The van der Waals surface area contributed by atoms with Crippen molar-refractivity contribution in [2.45, 2.75) is 6.42 Å². The zero-order valence-electron chi connectivity index (χ0n) is 11.0. The number of nitrogens with one attached hydrogen (secondary N) is 2. The number of hydrogen-bond acceptors (Lipinski definition) is 2. The first-order valence-corrected chi connectivity index (χ1v) is 7.84. The van der Waals surface area contributed by atoms with Crippen molar-refractivity contribution < 1.29 is 4.79 Å². The monoisotopic (exact) mass is 386 g/mol. The minimum Gasteiger partial charge on any atom is -0.383 e. The topological polar surface area (TPSA) is 41.1 Å². The molecule has 0 saturated carbocycles. The Balaban J connectivity index is 1.81. The summed E-state index contributed by atoms with van der Waals surface area (Å²) < 4.78 is 0.970. The van der Waals surface area contributed by atoms with E-state index >= 15 is 0 Å². The fourth-order valence-electron chi connectivity index (χ4n) is 1.71. The third-order valence-corrected chi connectivity index (χ3v) is 4.09. The molecule has 0 radical (unpaired) electrons. The number of rotatable bonds is 5. The van der Waals surface area contributed by atoms with E-state index < -0.39 is 0 Å². The van der Waals surface area contributed by atoms with Crippen LogP contribution in [0.2, 0.25) is 10.0 Å². The summed E-state index contributed by atoms with van der Waals surface area (Å²) in [5.41, 5.74) is 1.49. The lowest BCUT2D eigenvalue weighted by Gasteiger charge is -2.09. The highest BCUT2D eigenvalue weighted by Crippen LogP contribution is 2.29. The van der Waals surface area contributed by atoms with Crippen LogP contribution in [0.4, 0.5) is 11.4 Å². The largest absolute Gasteiger partial charge is 0.383 e. The summed E-state index contributed by atoms with van der Waals surface area (Å²) in [5, 5.41) is 6.87. The van der Waals surface area contributed by atoms with E-state index in [-0.39, 0.29) is 5.91 Å². The van der Waals surface area contributed by atoms with Crippen molar-refractivity contribution >= 4 is 56.4 Å². The summed E-state index contributed by atoms with van der Waals surface area (Å²) in [6.07, 6.45) is 0.332. The van der Waals surface area contributed by atoms with Gasteiger partial charge in [0, 0.05) is 23.1 Å². The van der Waals surface area contributed by atoms with E-state index in [1.54, 1.807) is 12.1 Å². The maximum atomic E-state index is 11.8. The highest BCUT2D eigenvalue weighted by atomic mass is 79.9. The van der Waals surface area contributed by atoms with Crippen LogP contribution in [0.15, 0.2) is 46.9 Å². The van der Waals surface area contributed by atoms with E-state index in [2.05, 4.69) is 26.6 Å². The van der Waals surface area contributed by atoms with Crippen molar-refractivity contribution in [1.82, 2.24) is 0 Å². The molecule has 0 unspecified atom stereocenters. The first-order valence-electron chi connectivity index (χ1n) is 6.29. The first kappa shape index (κ1) is 16.1. The van der Waals surface area contributed by atoms with Crippen molar-refractivity contribution in [1.29, 1.82) is 0 Å². The molecule has 0 saturated heterocycles. The molecule has 0 aromatic heterocycles. The van der Waals surface area contributed by atoms with Crippen LogP contribution in [0.1, 0.15) is 6.42 Å². The van der Waals surface area contributed by atoms with Crippen LogP contribution in [0, 0.1) is 0 Å². The van der Waals surface area contributed by atoms with Gasteiger partial charge in [0.15, 0.2) is 0 Å². The second-order valence-electron chi connectivity index (χ2n) is 4.33. The summed E-state index contributed by atoms with van der Waals surface area (Å²) >= 11 is 15.3. The van der Waals surface area contributed by atoms with Gasteiger partial charge in [-0.3, -0.25) is 4.79 Å². The molecule has 2 rings (SSSR count). The number of halogens is 3. The van der Waals surface area contributed by atoms with Gasteiger partial charge in [0.1, 0.15) is 0 Å². The zero-order chi connectivity index (χ0) is 15.2. The molecule has 0 bridgehead atoms. The maximum Gasteiger partial charge on any atom is 0.226 e. The van der Waals surface area contributed by atoms with Crippen LogP contribution in [-0.2, 0) is 4.79 Å². The number of anilines is 2. The Hall–Kier alpha value is -1.23. The molecule has 0 aliphatic rings. The number of amides is 1. The van der Waals surface area contributed by atoms with Crippen LogP contribution in [0.3, 0.4) is 0 Å². The molecule has 0 heterocycles. The highest BCUT2D eigenvalue weighted by Gasteiger charge is 2.05. The minimum atomic E-state index is -0.0667. The predicted molar refractivity (Wildman–Crippen MR) is 92.3 cm³/mol. The van der Waals surface area contributed by atoms with Gasteiger partial charge < -0.3 is 10.6 Å². The van der Waals surface area contributed by atoms with Gasteiger partial charge in [-0.2, -0.15) is 0 Å². The molecule has 0 spiro atoms. The molecular formula is C15H13BrCl2N2O. The molecule has 0 fully saturated rings. The van der Waals surface area contributed by atoms with Crippen LogP contribution in [-0.4, -0.2) is 12.5 Å². The minimum absolute atomic E-state index is 0.0667. The fourth-order valence-corrected chi connectivity index (χ4v) is 2.34. The summed E-state index contributed by atoms with van der Waals surface area (Å²) in [6, 6.07) is 12.8. The lowest BCUT2D eigenvalue weighted by atomic mass is 10.3. The van der Waals surface area contributed by atoms with Crippen molar-refractivity contribution in [3.8, 4) is 0 Å². The molecule has 0 atom stereocenters. The Bertz CT molecular complexity index is 632. The van der Waals surface area contributed by atoms with Crippen LogP contribution in [0.25, 0.3) is 0 Å². The van der Waals surface area contributed by atoms with E-state index in [4.69, 9.17) is 23.2 Å². The SMILES string of the molecule is O=C(CCNc1cccc(Cl)c1Cl)Nc1ccc(Br)cc1. The standard InChI is InChI=1S/C15H13BrCl2N2O/c16-10-4-6-11(7-5-10)20-14(21)8-9-19-13-3-1-2-12(17)15(13)18/h1-7,19H,8-9H2,(H,20,21). The molecule has 0 aliphatic heterocycles. The molecule has 3 nitrogen and oxygen atoms in total. The molecular weight excluding hydrogens is 375 g/mol. The number of carbonyl (C=O) groups is 1. The van der Waals surface area contributed by atoms with Crippen LogP contribution in [0.5, 0.6) is 0 Å². The Morgan fingerprint density at radius 1 is 1.10 bits per heavy atom. The Morgan fingerprint density at radius 2 is 1.81 bits per heavy atom. The van der Waals surface area contributed by atoms with Gasteiger partial charge in [0.2, 0.25) is 5.91 Å². The predicted octanol–water partition coefficient (Wildman–Crippen LogP) is 5.20. The third kappa shape index (κ3) is 4.92. The van der Waals surface area contributed by atoms with Crippen molar-refractivity contribution in [2.75, 3.05) is 17.2 Å². The molecule has 110 valence electrons. The summed E-state index contributed by atoms with van der Waals surface area (Å²) in [6.45, 7) is 0.475. The molecule has 0 aliphatic carbocycles. The normalized spacial score (nSPS) is 10.2. The fraction of sp³-hybridized carbons (Fsp3) is 0.133. The van der Waals surface area contributed by atoms with Gasteiger partial charge in [-0.05, 0) is 36.4 Å². The molecule has 6 heteroatoms. The maximum absolute atomic E-state index is 11.8. The van der Waals surface area contributed by atoms with Gasteiger partial charge in [-0.1, -0.05) is 45.2 Å². The summed E-state index contributed by atoms with van der Waals surface area (Å²) in [7, 11) is 0. The van der Waals surface area contributed by atoms with Crippen molar-refractivity contribution in [2.24, 2.45) is 0 Å². The van der Waals surface area contributed by atoms with Gasteiger partial charge in [-0.15, -0.1) is 0 Å². The lowest BCUT2D eigenvalue weighted by Crippen LogP contribution is -2.16. The van der Waals surface area contributed by atoms with Crippen molar-refractivity contribution in [3.05, 3.63) is 57.0 Å². The first-order chi connectivity index (χ1) is 10.1. The molecule has 2 N–H and O–H groups in total. The average molecular weight is 388 g/mol. The number of carbonyl (C=O) groups excluding carboxylic acids is 1. The Morgan fingerprint density at radius 3 is 2.52 bits per heavy atom. The third-order valence-electron chi connectivity index (χ3n) is 2.75. The van der Waals surface area contributed by atoms with Crippen LogP contribution >= 0.6 is 39.1 Å². The second-order valence-corrected chi connectivity index (χ2v) is 6.03. The van der Waals surface area contributed by atoms with E-state index in [9.17, 15) is 4.79 Å².